The maximum Gasteiger partial charge on any atom is 0 e. The summed E-state index contributed by atoms with van der Waals surface area (Å²) >= 11 is 0. The SMILES string of the molecule is CN.[CH3-].[W]. The third kappa shape index (κ3) is 17.1. The Morgan fingerprint density at radius 1 is 1.25 bits per heavy atom. The van der Waals surface area contributed by atoms with Gasteiger partial charge in [0.25, 0.3) is 0 Å². The molecule has 0 aromatic rings. The molecule has 0 aliphatic rings. The van der Waals surface area contributed by atoms with Crippen LogP contribution >= 0.6 is 0 Å². The van der Waals surface area contributed by atoms with Crippen molar-refractivity contribution in [2.45, 2.75) is 0 Å². The number of nitrogens with two attached hydrogens (primary N) is 1. The van der Waals surface area contributed by atoms with Crippen molar-refractivity contribution in [3.05, 3.63) is 7.43 Å². The van der Waals surface area contributed by atoms with Crippen LogP contribution in [-0.4, -0.2) is 7.05 Å². The van der Waals surface area contributed by atoms with Crippen molar-refractivity contribution < 1.29 is 21.1 Å². The molecule has 1 nitrogen and oxygen atoms in total. The van der Waals surface area contributed by atoms with E-state index in [1.54, 1.807) is 0 Å². The van der Waals surface area contributed by atoms with Crippen molar-refractivity contribution in [2.24, 2.45) is 5.73 Å². The summed E-state index contributed by atoms with van der Waals surface area (Å²) in [5.74, 6) is 0. The first-order chi connectivity index (χ1) is 1.00. The second-order valence-electron chi connectivity index (χ2n) is 0. The van der Waals surface area contributed by atoms with Gasteiger partial charge in [-0.25, -0.2) is 0 Å². The van der Waals surface area contributed by atoms with Crippen LogP contribution in [0.5, 0.6) is 0 Å². The minimum Gasteiger partial charge on any atom is -0.358 e. The molecule has 0 bridgehead atoms. The van der Waals surface area contributed by atoms with E-state index in [4.69, 9.17) is 0 Å². The van der Waals surface area contributed by atoms with Crippen LogP contribution in [0.1, 0.15) is 0 Å². The van der Waals surface area contributed by atoms with E-state index in [0.29, 0.717) is 0 Å². The van der Waals surface area contributed by atoms with Gasteiger partial charge in [0, 0.05) is 21.1 Å². The Hall–Kier alpha value is 0.648. The fraction of sp³-hybridized carbons (Fsp3) is 0.500. The maximum atomic E-state index is 4.50. The molecule has 0 aliphatic carbocycles. The average molecular weight is 230 g/mol. The van der Waals surface area contributed by atoms with E-state index >= 15 is 0 Å². The molecule has 0 saturated carbocycles. The molecule has 28 valence electrons. The average Bonchev–Trinajstić information content (AvgIpc) is 1.00. The van der Waals surface area contributed by atoms with Gasteiger partial charge in [0.15, 0.2) is 0 Å². The van der Waals surface area contributed by atoms with Crippen molar-refractivity contribution in [1.29, 1.82) is 0 Å². The Balaban J connectivity index is -0.00000000500. The molecule has 4 heavy (non-hydrogen) atoms. The summed E-state index contributed by atoms with van der Waals surface area (Å²) in [6, 6.07) is 0. The molecule has 2 N–H and O–H groups in total. The van der Waals surface area contributed by atoms with Gasteiger partial charge in [-0.1, -0.05) is 0 Å². The predicted molar refractivity (Wildman–Crippen MR) is 16.5 cm³/mol. The minimum atomic E-state index is 0. The number of rotatable bonds is 0. The van der Waals surface area contributed by atoms with E-state index in [1.165, 1.54) is 7.05 Å². The zero-order valence-corrected chi connectivity index (χ0v) is 5.92. The molecule has 0 rings (SSSR count). The summed E-state index contributed by atoms with van der Waals surface area (Å²) in [6.45, 7) is 0. The Bertz CT molecular complexity index is 6.00. The predicted octanol–water partition coefficient (Wildman–Crippen LogP) is 0.0227. The smallest absolute Gasteiger partial charge is 0 e. The van der Waals surface area contributed by atoms with Crippen molar-refractivity contribution in [3.8, 4) is 0 Å². The Morgan fingerprint density at radius 2 is 1.25 bits per heavy atom. The van der Waals surface area contributed by atoms with Crippen LogP contribution in [0.2, 0.25) is 0 Å². The molecule has 0 unspecified atom stereocenters. The van der Waals surface area contributed by atoms with Crippen molar-refractivity contribution in [2.75, 3.05) is 7.05 Å². The van der Waals surface area contributed by atoms with E-state index in [9.17, 15) is 0 Å². The third-order valence-electron chi connectivity index (χ3n) is 0. The van der Waals surface area contributed by atoms with Gasteiger partial charge in [0.05, 0.1) is 0 Å². The number of hydrogen-bond acceptors (Lipinski definition) is 1. The summed E-state index contributed by atoms with van der Waals surface area (Å²) in [5, 5.41) is 0. The first kappa shape index (κ1) is 22.8. The Labute approximate surface area is 41.8 Å². The summed E-state index contributed by atoms with van der Waals surface area (Å²) in [5.41, 5.74) is 4.50. The van der Waals surface area contributed by atoms with Crippen LogP contribution in [0.3, 0.4) is 0 Å². The van der Waals surface area contributed by atoms with Gasteiger partial charge < -0.3 is 13.2 Å². The molecule has 0 aromatic carbocycles. The van der Waals surface area contributed by atoms with Gasteiger partial charge >= 0.3 is 0 Å². The summed E-state index contributed by atoms with van der Waals surface area (Å²) in [7, 11) is 1.50. The van der Waals surface area contributed by atoms with Gasteiger partial charge in [-0.3, -0.25) is 0 Å². The first-order valence-corrected chi connectivity index (χ1v) is 0.577. The van der Waals surface area contributed by atoms with Crippen molar-refractivity contribution in [3.63, 3.8) is 0 Å². The zero-order chi connectivity index (χ0) is 2.00. The van der Waals surface area contributed by atoms with Crippen LogP contribution in [-0.2, 0) is 21.1 Å². The molecule has 0 radical (unpaired) electrons. The summed E-state index contributed by atoms with van der Waals surface area (Å²) in [4.78, 5) is 0. The molecular formula is C2H8NW-. The molecule has 0 aliphatic heterocycles. The van der Waals surface area contributed by atoms with Crippen LogP contribution in [0, 0.1) is 7.43 Å². The second-order valence-corrected chi connectivity index (χ2v) is 0. The Kier molecular flexibility index (Phi) is 347. The molecular weight excluding hydrogens is 222 g/mol. The quantitative estimate of drug-likeness (QED) is 0.583. The van der Waals surface area contributed by atoms with Crippen LogP contribution in [0.4, 0.5) is 0 Å². The molecule has 0 aromatic heterocycles. The largest absolute Gasteiger partial charge is 0.358 e. The maximum absolute atomic E-state index is 4.50. The second kappa shape index (κ2) is 60.9. The standard InChI is InChI=1S/CH5N.CH3.W/c1-2;;/h2H2,1H3;1H3;/q;-1;. The first-order valence-electron chi connectivity index (χ1n) is 0.577. The summed E-state index contributed by atoms with van der Waals surface area (Å²) < 4.78 is 0. The fourth-order valence-electron chi connectivity index (χ4n) is 0. The topological polar surface area (TPSA) is 26.0 Å². The summed E-state index contributed by atoms with van der Waals surface area (Å²) in [6.07, 6.45) is 0. The van der Waals surface area contributed by atoms with Crippen LogP contribution < -0.4 is 5.73 Å². The van der Waals surface area contributed by atoms with E-state index in [-0.39, 0.29) is 28.5 Å². The van der Waals surface area contributed by atoms with E-state index in [0.717, 1.165) is 0 Å². The van der Waals surface area contributed by atoms with Gasteiger partial charge in [-0.2, -0.15) is 0 Å². The van der Waals surface area contributed by atoms with Crippen LogP contribution in [0.15, 0.2) is 0 Å². The fourth-order valence-corrected chi connectivity index (χ4v) is 0. The van der Waals surface area contributed by atoms with Crippen molar-refractivity contribution in [1.82, 2.24) is 0 Å². The normalized spacial score (nSPS) is 1.50. The van der Waals surface area contributed by atoms with Gasteiger partial charge in [-0.15, -0.1) is 0 Å². The molecule has 2 heteroatoms. The molecule has 0 fully saturated rings. The minimum absolute atomic E-state index is 0. The van der Waals surface area contributed by atoms with Crippen LogP contribution in [0.25, 0.3) is 0 Å². The zero-order valence-electron chi connectivity index (χ0n) is 2.99. The molecule has 0 saturated heterocycles. The van der Waals surface area contributed by atoms with Gasteiger partial charge in [0.1, 0.15) is 0 Å². The van der Waals surface area contributed by atoms with Crippen molar-refractivity contribution >= 4 is 0 Å². The molecule has 0 amide bonds. The molecule has 0 heterocycles. The van der Waals surface area contributed by atoms with E-state index < -0.39 is 0 Å². The number of hydrogen-bond donors (Lipinski definition) is 1. The van der Waals surface area contributed by atoms with Gasteiger partial charge in [-0.05, 0) is 7.05 Å². The monoisotopic (exact) mass is 230 g/mol. The molecule has 0 atom stereocenters. The van der Waals surface area contributed by atoms with E-state index in [2.05, 4.69) is 5.73 Å². The molecule has 0 spiro atoms. The third-order valence-corrected chi connectivity index (χ3v) is 0. The van der Waals surface area contributed by atoms with E-state index in [1.807, 2.05) is 0 Å². The van der Waals surface area contributed by atoms with Gasteiger partial charge in [0.2, 0.25) is 0 Å². The Morgan fingerprint density at radius 3 is 1.25 bits per heavy atom.